The van der Waals surface area contributed by atoms with Crippen molar-refractivity contribution in [1.29, 1.82) is 0 Å². The number of amides is 2. The van der Waals surface area contributed by atoms with Gasteiger partial charge in [-0.2, -0.15) is 13.2 Å². The summed E-state index contributed by atoms with van der Waals surface area (Å²) in [4.78, 5) is 40.7. The van der Waals surface area contributed by atoms with Gasteiger partial charge in [-0.3, -0.25) is 24.3 Å². The predicted octanol–water partition coefficient (Wildman–Crippen LogP) is 3.68. The van der Waals surface area contributed by atoms with Crippen LogP contribution in [0.3, 0.4) is 0 Å². The second-order valence-corrected chi connectivity index (χ2v) is 8.89. The number of alkyl halides is 3. The van der Waals surface area contributed by atoms with Gasteiger partial charge in [0.1, 0.15) is 12.3 Å². The summed E-state index contributed by atoms with van der Waals surface area (Å²) in [5, 5.41) is 12.5. The summed E-state index contributed by atoms with van der Waals surface area (Å²) < 4.78 is 43.7. The van der Waals surface area contributed by atoms with Gasteiger partial charge in [0.2, 0.25) is 17.7 Å². The van der Waals surface area contributed by atoms with Crippen molar-refractivity contribution >= 4 is 34.5 Å². The van der Waals surface area contributed by atoms with Gasteiger partial charge in [0.05, 0.1) is 23.2 Å². The van der Waals surface area contributed by atoms with Crippen LogP contribution in [0.25, 0.3) is 0 Å². The predicted molar refractivity (Wildman–Crippen MR) is 123 cm³/mol. The van der Waals surface area contributed by atoms with Crippen LogP contribution in [-0.2, 0) is 28.6 Å². The summed E-state index contributed by atoms with van der Waals surface area (Å²) in [5.41, 5.74) is 1.22. The maximum Gasteiger partial charge on any atom is 0.416 e. The van der Waals surface area contributed by atoms with Crippen molar-refractivity contribution in [2.75, 3.05) is 23.9 Å². The minimum Gasteiger partial charge on any atom is -0.495 e. The molecule has 4 rings (SSSR count). The van der Waals surface area contributed by atoms with Crippen molar-refractivity contribution < 1.29 is 32.6 Å². The van der Waals surface area contributed by atoms with Crippen LogP contribution >= 0.6 is 11.3 Å². The van der Waals surface area contributed by atoms with Gasteiger partial charge in [0, 0.05) is 18.5 Å². The fourth-order valence-corrected chi connectivity index (χ4v) is 4.70. The van der Waals surface area contributed by atoms with Crippen molar-refractivity contribution in [3.63, 3.8) is 0 Å². The van der Waals surface area contributed by atoms with Gasteiger partial charge >= 0.3 is 11.0 Å². The number of fused-ring (bicyclic) bond motifs is 1. The van der Waals surface area contributed by atoms with Crippen LogP contribution < -0.4 is 19.8 Å². The molecule has 2 heterocycles. The van der Waals surface area contributed by atoms with E-state index in [1.54, 1.807) is 12.1 Å². The number of anilines is 2. The number of halogens is 3. The Bertz CT molecular complexity index is 1330. The van der Waals surface area contributed by atoms with E-state index in [1.165, 1.54) is 12.0 Å². The lowest BCUT2D eigenvalue weighted by Crippen LogP contribution is -2.41. The van der Waals surface area contributed by atoms with Gasteiger partial charge in [-0.05, 0) is 47.9 Å². The molecule has 0 unspecified atom stereocenters. The quantitative estimate of drug-likeness (QED) is 0.471. The molecule has 12 heteroatoms. The average Bonchev–Trinajstić information content (AvgIpc) is 3.12. The summed E-state index contributed by atoms with van der Waals surface area (Å²) in [5.74, 6) is -0.764. The number of benzene rings is 2. The zero-order valence-electron chi connectivity index (χ0n) is 18.4. The number of carbonyl (C=O) groups excluding carboxylic acids is 2. The van der Waals surface area contributed by atoms with E-state index in [0.717, 1.165) is 46.7 Å². The first-order valence-electron chi connectivity index (χ1n) is 10.4. The van der Waals surface area contributed by atoms with Crippen LogP contribution in [0.4, 0.5) is 24.5 Å². The molecule has 0 saturated carbocycles. The lowest BCUT2D eigenvalue weighted by Gasteiger charge is -2.32. The third-order valence-corrected chi connectivity index (χ3v) is 6.44. The van der Waals surface area contributed by atoms with Gasteiger partial charge in [-0.15, -0.1) is 0 Å². The lowest BCUT2D eigenvalue weighted by molar-refractivity contribution is -0.137. The molecule has 184 valence electrons. The van der Waals surface area contributed by atoms with Gasteiger partial charge in [0.15, 0.2) is 0 Å². The van der Waals surface area contributed by atoms with E-state index in [-0.39, 0.29) is 36.9 Å². The topological polar surface area (TPSA) is 112 Å². The maximum absolute atomic E-state index is 12.8. The molecule has 0 saturated heterocycles. The highest BCUT2D eigenvalue weighted by Gasteiger charge is 2.32. The van der Waals surface area contributed by atoms with Crippen LogP contribution in [0, 0.1) is 0 Å². The first-order valence-corrected chi connectivity index (χ1v) is 11.3. The molecule has 0 fully saturated rings. The number of aromatic hydroxyl groups is 1. The number of rotatable bonds is 6. The lowest BCUT2D eigenvalue weighted by atomic mass is 9.93. The SMILES string of the molecule is COc1ccc(Cc2sc(=O)[nH]c2O)c2c1N(CC(=O)Nc1ccc(C(F)(F)F)cc1)C(=O)CC2. The van der Waals surface area contributed by atoms with E-state index in [9.17, 15) is 32.7 Å². The Balaban J connectivity index is 1.60. The standard InChI is InChI=1S/C23H20F3N3O5S/c1-34-16-8-2-12(10-17-21(32)28-22(33)35-17)15-7-9-19(31)29(20(15)16)11-18(30)27-14-5-3-13(4-6-14)23(24,25)26/h2-6,8,32H,7,9-11H2,1H3,(H,27,30)(H,28,33). The van der Waals surface area contributed by atoms with E-state index >= 15 is 0 Å². The molecule has 1 aliphatic heterocycles. The third kappa shape index (κ3) is 5.16. The van der Waals surface area contributed by atoms with Crippen LogP contribution in [-0.4, -0.2) is 35.6 Å². The van der Waals surface area contributed by atoms with Gasteiger partial charge in [-0.25, -0.2) is 0 Å². The van der Waals surface area contributed by atoms with Crippen molar-refractivity contribution in [2.45, 2.75) is 25.4 Å². The first kappa shape index (κ1) is 24.3. The monoisotopic (exact) mass is 507 g/mol. The summed E-state index contributed by atoms with van der Waals surface area (Å²) in [7, 11) is 1.43. The van der Waals surface area contributed by atoms with Crippen LogP contribution in [0.1, 0.15) is 28.0 Å². The van der Waals surface area contributed by atoms with E-state index in [4.69, 9.17) is 4.74 Å². The minimum atomic E-state index is -4.49. The van der Waals surface area contributed by atoms with E-state index < -0.39 is 22.5 Å². The molecule has 8 nitrogen and oxygen atoms in total. The zero-order chi connectivity index (χ0) is 25.3. The fourth-order valence-electron chi connectivity index (χ4n) is 3.95. The highest BCUT2D eigenvalue weighted by atomic mass is 32.1. The fraction of sp³-hybridized carbons (Fsp3) is 0.261. The second kappa shape index (κ2) is 9.45. The number of ether oxygens (including phenoxy) is 1. The molecule has 0 spiro atoms. The smallest absolute Gasteiger partial charge is 0.416 e. The summed E-state index contributed by atoms with van der Waals surface area (Å²) in [6, 6.07) is 7.41. The minimum absolute atomic E-state index is 0.121. The largest absolute Gasteiger partial charge is 0.495 e. The Hall–Kier alpha value is -3.80. The third-order valence-electron chi connectivity index (χ3n) is 5.57. The van der Waals surface area contributed by atoms with Crippen LogP contribution in [0.2, 0.25) is 0 Å². The van der Waals surface area contributed by atoms with Gasteiger partial charge < -0.3 is 15.2 Å². The number of aromatic amines is 1. The molecule has 2 aromatic carbocycles. The molecule has 0 aliphatic carbocycles. The highest BCUT2D eigenvalue weighted by molar-refractivity contribution is 7.09. The number of H-pyrrole nitrogens is 1. The van der Waals surface area contributed by atoms with Crippen molar-refractivity contribution in [1.82, 2.24) is 4.98 Å². The molecule has 35 heavy (non-hydrogen) atoms. The number of methoxy groups -OCH3 is 1. The Morgan fingerprint density at radius 2 is 1.89 bits per heavy atom. The Morgan fingerprint density at radius 3 is 2.49 bits per heavy atom. The molecule has 0 radical (unpaired) electrons. The van der Waals surface area contributed by atoms with Crippen LogP contribution in [0.15, 0.2) is 41.2 Å². The van der Waals surface area contributed by atoms with Crippen molar-refractivity contribution in [3.05, 3.63) is 67.6 Å². The van der Waals surface area contributed by atoms with Gasteiger partial charge in [0.25, 0.3) is 0 Å². The number of carbonyl (C=O) groups is 2. The number of nitrogens with one attached hydrogen (secondary N) is 2. The summed E-state index contributed by atoms with van der Waals surface area (Å²) in [6.07, 6.45) is -3.76. The molecule has 0 bridgehead atoms. The van der Waals surface area contributed by atoms with E-state index in [2.05, 4.69) is 10.3 Å². The number of hydrogen-bond acceptors (Lipinski definition) is 6. The molecule has 1 aromatic heterocycles. The number of aromatic nitrogens is 1. The first-order chi connectivity index (χ1) is 16.6. The molecule has 3 aromatic rings. The molecular weight excluding hydrogens is 487 g/mol. The molecule has 1 aliphatic rings. The highest BCUT2D eigenvalue weighted by Crippen LogP contribution is 2.40. The zero-order valence-corrected chi connectivity index (χ0v) is 19.2. The Morgan fingerprint density at radius 1 is 1.17 bits per heavy atom. The van der Waals surface area contributed by atoms with Crippen molar-refractivity contribution in [3.8, 4) is 11.6 Å². The van der Waals surface area contributed by atoms with Crippen LogP contribution in [0.5, 0.6) is 11.6 Å². The number of hydrogen-bond donors (Lipinski definition) is 3. The number of nitrogens with zero attached hydrogens (tertiary/aromatic N) is 1. The van der Waals surface area contributed by atoms with E-state index in [1.807, 2.05) is 0 Å². The average molecular weight is 507 g/mol. The Kier molecular flexibility index (Phi) is 6.57. The van der Waals surface area contributed by atoms with Crippen molar-refractivity contribution in [2.24, 2.45) is 0 Å². The number of thiazole rings is 1. The maximum atomic E-state index is 12.8. The molecule has 2 amide bonds. The van der Waals surface area contributed by atoms with E-state index in [0.29, 0.717) is 22.7 Å². The Labute approximate surface area is 201 Å². The molecule has 3 N–H and O–H groups in total. The summed E-state index contributed by atoms with van der Waals surface area (Å²) in [6.45, 7) is -0.380. The molecule has 0 atom stereocenters. The summed E-state index contributed by atoms with van der Waals surface area (Å²) >= 11 is 0.878. The normalized spacial score (nSPS) is 13.5. The second-order valence-electron chi connectivity index (χ2n) is 7.82. The van der Waals surface area contributed by atoms with Gasteiger partial charge in [-0.1, -0.05) is 17.4 Å². The molecular formula is C23H20F3N3O5S.